The first-order valence-electron chi connectivity index (χ1n) is 3.26. The van der Waals surface area contributed by atoms with Gasteiger partial charge in [-0.15, -0.1) is 0 Å². The predicted molar refractivity (Wildman–Crippen MR) is 35.4 cm³/mol. The number of rotatable bonds is 1. The summed E-state index contributed by atoms with van der Waals surface area (Å²) in [5.74, 6) is -8.76. The molecule has 0 N–H and O–H groups in total. The van der Waals surface area contributed by atoms with Crippen LogP contribution in [0.4, 0.5) is 35.1 Å². The summed E-state index contributed by atoms with van der Waals surface area (Å²) in [4.78, 5) is 0. The zero-order chi connectivity index (χ0) is 13.0. The van der Waals surface area contributed by atoms with Crippen LogP contribution in [0.2, 0.25) is 0 Å². The molecule has 0 fully saturated rings. The maximum Gasteiger partial charge on any atom is 0.461 e. The lowest BCUT2D eigenvalue weighted by Crippen LogP contribution is -2.36. The molecule has 0 unspecified atom stereocenters. The smallest absolute Gasteiger partial charge is 0.195 e. The Balaban J connectivity index is 5.57. The molecule has 0 aliphatic heterocycles. The lowest BCUT2D eigenvalue weighted by Gasteiger charge is -2.15. The molecule has 0 nitrogen and oxygen atoms in total. The van der Waals surface area contributed by atoms with Crippen LogP contribution in [-0.2, 0) is 0 Å². The van der Waals surface area contributed by atoms with Crippen LogP contribution in [0.5, 0.6) is 0 Å². The molecule has 0 aromatic heterocycles. The molecule has 8 heteroatoms. The molecule has 0 aromatic carbocycles. The molecular weight excluding hydrogens is 248 g/mol. The third-order valence-corrected chi connectivity index (χ3v) is 1.02. The van der Waals surface area contributed by atoms with Crippen LogP contribution < -0.4 is 0 Å². The van der Waals surface area contributed by atoms with Crippen LogP contribution in [0.15, 0.2) is 34.8 Å². The van der Waals surface area contributed by atoms with Gasteiger partial charge in [0.05, 0.1) is 0 Å². The van der Waals surface area contributed by atoms with Crippen molar-refractivity contribution in [3.63, 3.8) is 0 Å². The molecule has 88 valence electrons. The highest BCUT2D eigenvalue weighted by Gasteiger charge is 2.61. The fraction of sp³-hybridized carbons (Fsp3) is 0.250. The van der Waals surface area contributed by atoms with E-state index in [2.05, 4.69) is 0 Å². The standard InChI is InChI=1S/C8F8/c9-5(3-1-2-4-6(10)11)7(12,13)8(14,15)16. The predicted octanol–water partition coefficient (Wildman–Crippen LogP) is 3.88. The fourth-order valence-electron chi connectivity index (χ4n) is 0.368. The van der Waals surface area contributed by atoms with Gasteiger partial charge in [-0.25, -0.2) is 0 Å². The van der Waals surface area contributed by atoms with E-state index in [1.165, 1.54) is 5.73 Å². The number of hydrogen-bond donors (Lipinski definition) is 0. The van der Waals surface area contributed by atoms with Gasteiger partial charge in [0.1, 0.15) is 0 Å². The summed E-state index contributed by atoms with van der Waals surface area (Å²) in [7, 11) is 0. The SMILES string of the molecule is FC(F)=C=C=C=C=C(F)C(F)(F)C(F)(F)F. The lowest BCUT2D eigenvalue weighted by atomic mass is 10.3. The first kappa shape index (κ1) is 14.3. The Labute approximate surface area is 83.2 Å². The molecular formula is C8F8. The van der Waals surface area contributed by atoms with Gasteiger partial charge in [-0.2, -0.15) is 35.1 Å². The number of allylic oxidation sites excluding steroid dienone is 1. The Bertz CT molecular complexity index is 425. The third-order valence-electron chi connectivity index (χ3n) is 1.02. The van der Waals surface area contributed by atoms with Gasteiger partial charge < -0.3 is 0 Å². The maximum atomic E-state index is 12.2. The van der Waals surface area contributed by atoms with Crippen molar-refractivity contribution in [3.05, 3.63) is 34.8 Å². The molecule has 0 atom stereocenters. The van der Waals surface area contributed by atoms with Gasteiger partial charge in [0, 0.05) is 5.73 Å². The molecule has 0 aliphatic carbocycles. The topological polar surface area (TPSA) is 0 Å². The summed E-state index contributed by atoms with van der Waals surface area (Å²) in [6, 6.07) is 0. The van der Waals surface area contributed by atoms with E-state index in [1.54, 1.807) is 0 Å². The average molecular weight is 248 g/mol. The highest BCUT2D eigenvalue weighted by molar-refractivity contribution is 5.07. The van der Waals surface area contributed by atoms with Gasteiger partial charge in [-0.05, 0) is 17.2 Å². The number of alkyl halides is 5. The first-order chi connectivity index (χ1) is 7.09. The molecule has 0 aliphatic rings. The summed E-state index contributed by atoms with van der Waals surface area (Å²) < 4.78 is 93.3. The van der Waals surface area contributed by atoms with Gasteiger partial charge in [-0.1, -0.05) is 0 Å². The zero-order valence-corrected chi connectivity index (χ0v) is 7.02. The largest absolute Gasteiger partial charge is 0.461 e. The summed E-state index contributed by atoms with van der Waals surface area (Å²) in [5, 5.41) is 0. The van der Waals surface area contributed by atoms with Crippen LogP contribution in [0.3, 0.4) is 0 Å². The molecule has 0 heterocycles. The van der Waals surface area contributed by atoms with Gasteiger partial charge in [0.15, 0.2) is 0 Å². The molecule has 0 aromatic rings. The third kappa shape index (κ3) is 3.81. The minimum absolute atomic E-state index is 0.695. The van der Waals surface area contributed by atoms with Gasteiger partial charge in [0.2, 0.25) is 5.83 Å². The molecule has 0 rings (SSSR count). The molecule has 0 radical (unpaired) electrons. The second-order valence-corrected chi connectivity index (χ2v) is 2.15. The van der Waals surface area contributed by atoms with Crippen molar-refractivity contribution < 1.29 is 35.1 Å². The van der Waals surface area contributed by atoms with Crippen molar-refractivity contribution in [1.29, 1.82) is 0 Å². The summed E-state index contributed by atoms with van der Waals surface area (Å²) in [6.07, 6.45) is -8.58. The zero-order valence-electron chi connectivity index (χ0n) is 7.02. The second-order valence-electron chi connectivity index (χ2n) is 2.15. The minimum Gasteiger partial charge on any atom is -0.195 e. The number of halogens is 8. The first-order valence-corrected chi connectivity index (χ1v) is 3.26. The van der Waals surface area contributed by atoms with E-state index in [1.807, 2.05) is 0 Å². The van der Waals surface area contributed by atoms with Crippen molar-refractivity contribution in [2.75, 3.05) is 0 Å². The highest BCUT2D eigenvalue weighted by Crippen LogP contribution is 2.40. The quantitative estimate of drug-likeness (QED) is 0.488. The van der Waals surface area contributed by atoms with Crippen molar-refractivity contribution in [2.24, 2.45) is 0 Å². The van der Waals surface area contributed by atoms with Crippen LogP contribution >= 0.6 is 0 Å². The summed E-state index contributed by atoms with van der Waals surface area (Å²) in [6.45, 7) is 0. The van der Waals surface area contributed by atoms with Crippen LogP contribution in [0.1, 0.15) is 0 Å². The van der Waals surface area contributed by atoms with E-state index < -0.39 is 24.0 Å². The Morgan fingerprint density at radius 2 is 1.19 bits per heavy atom. The second kappa shape index (κ2) is 4.88. The Morgan fingerprint density at radius 1 is 0.750 bits per heavy atom. The van der Waals surface area contributed by atoms with Gasteiger partial charge in [-0.3, -0.25) is 0 Å². The van der Waals surface area contributed by atoms with Gasteiger partial charge in [0.25, 0.3) is 0 Å². The molecule has 0 spiro atoms. The van der Waals surface area contributed by atoms with E-state index >= 15 is 0 Å². The lowest BCUT2D eigenvalue weighted by molar-refractivity contribution is -0.270. The fourth-order valence-corrected chi connectivity index (χ4v) is 0.368. The van der Waals surface area contributed by atoms with Crippen molar-refractivity contribution in [3.8, 4) is 0 Å². The summed E-state index contributed by atoms with van der Waals surface area (Å²) in [5.41, 5.74) is 3.91. The monoisotopic (exact) mass is 248 g/mol. The van der Waals surface area contributed by atoms with Crippen molar-refractivity contribution in [1.82, 2.24) is 0 Å². The highest BCUT2D eigenvalue weighted by atomic mass is 19.4. The van der Waals surface area contributed by atoms with E-state index in [-0.39, 0.29) is 0 Å². The molecule has 0 amide bonds. The minimum atomic E-state index is -6.14. The van der Waals surface area contributed by atoms with E-state index in [0.717, 1.165) is 11.5 Å². The van der Waals surface area contributed by atoms with Crippen LogP contribution in [0, 0.1) is 0 Å². The average Bonchev–Trinajstić information content (AvgIpc) is 2.09. The van der Waals surface area contributed by atoms with Crippen molar-refractivity contribution >= 4 is 0 Å². The molecule has 0 saturated carbocycles. The summed E-state index contributed by atoms with van der Waals surface area (Å²) >= 11 is 0. The van der Waals surface area contributed by atoms with Crippen LogP contribution in [0.25, 0.3) is 0 Å². The van der Waals surface area contributed by atoms with Crippen LogP contribution in [-0.4, -0.2) is 12.1 Å². The van der Waals surface area contributed by atoms with E-state index in [4.69, 9.17) is 0 Å². The van der Waals surface area contributed by atoms with Crippen molar-refractivity contribution in [2.45, 2.75) is 12.1 Å². The Morgan fingerprint density at radius 3 is 1.56 bits per heavy atom. The molecule has 16 heavy (non-hydrogen) atoms. The normalized spacial score (nSPS) is 10.8. The Hall–Kier alpha value is -1.70. The molecule has 0 bridgehead atoms. The van der Waals surface area contributed by atoms with Gasteiger partial charge >= 0.3 is 18.2 Å². The Kier molecular flexibility index (Phi) is 4.36. The molecule has 0 saturated heterocycles. The van der Waals surface area contributed by atoms with E-state index in [9.17, 15) is 35.1 Å². The number of hydrogen-bond acceptors (Lipinski definition) is 0. The van der Waals surface area contributed by atoms with E-state index in [0.29, 0.717) is 5.73 Å². The maximum absolute atomic E-state index is 12.2.